The fourth-order valence-electron chi connectivity index (χ4n) is 2.89. The van der Waals surface area contributed by atoms with Gasteiger partial charge in [-0.2, -0.15) is 0 Å². The number of rotatable bonds is 6. The number of aliphatic carboxylic acids is 1. The molecule has 0 radical (unpaired) electrons. The number of carboxylic acid groups (broad SMARTS) is 1. The van der Waals surface area contributed by atoms with Gasteiger partial charge in [0.05, 0.1) is 38.1 Å². The minimum atomic E-state index is -0.872. The molecule has 2 unspecified atom stereocenters. The second-order valence-electron chi connectivity index (χ2n) is 6.50. The lowest BCUT2D eigenvalue weighted by atomic mass is 9.96. The van der Waals surface area contributed by atoms with Gasteiger partial charge in [0.2, 0.25) is 0 Å². The molecule has 6 heteroatoms. The first-order valence-corrected chi connectivity index (χ1v) is 9.35. The predicted molar refractivity (Wildman–Crippen MR) is 106 cm³/mol. The highest BCUT2D eigenvalue weighted by atomic mass is 35.5. The van der Waals surface area contributed by atoms with E-state index in [4.69, 9.17) is 30.9 Å². The summed E-state index contributed by atoms with van der Waals surface area (Å²) in [6.45, 7) is 3.10. The van der Waals surface area contributed by atoms with E-state index >= 15 is 0 Å². The Morgan fingerprint density at radius 3 is 2.61 bits per heavy atom. The Labute approximate surface area is 169 Å². The van der Waals surface area contributed by atoms with Crippen molar-refractivity contribution >= 4 is 17.6 Å². The summed E-state index contributed by atoms with van der Waals surface area (Å²) in [6, 6.07) is 12.7. The first kappa shape index (κ1) is 19.9. The van der Waals surface area contributed by atoms with Gasteiger partial charge in [0, 0.05) is 11.1 Å². The lowest BCUT2D eigenvalue weighted by molar-refractivity contribution is -0.137. The van der Waals surface area contributed by atoms with Crippen molar-refractivity contribution in [3.63, 3.8) is 0 Å². The molecule has 5 nitrogen and oxygen atoms in total. The molecule has 146 valence electrons. The zero-order chi connectivity index (χ0) is 19.9. The number of ether oxygens (including phenoxy) is 3. The molecular formula is C22H21ClO5. The molecule has 2 atom stereocenters. The van der Waals surface area contributed by atoms with E-state index < -0.39 is 5.97 Å². The SMILES string of the molecule is CC#CC(CC(=O)O)c1ccc(OCC2COc3ccc(Cl)cc3OC2)cc1. The van der Waals surface area contributed by atoms with Crippen molar-refractivity contribution in [3.05, 3.63) is 53.1 Å². The lowest BCUT2D eigenvalue weighted by Crippen LogP contribution is -2.23. The number of carboxylic acids is 1. The molecule has 0 aromatic heterocycles. The van der Waals surface area contributed by atoms with Gasteiger partial charge in [-0.1, -0.05) is 29.7 Å². The van der Waals surface area contributed by atoms with Crippen LogP contribution in [0.15, 0.2) is 42.5 Å². The summed E-state index contributed by atoms with van der Waals surface area (Å²) in [5.74, 6) is 6.62. The second kappa shape index (κ2) is 9.38. The number of halogens is 1. The molecule has 0 bridgehead atoms. The van der Waals surface area contributed by atoms with E-state index in [1.54, 1.807) is 25.1 Å². The van der Waals surface area contributed by atoms with Crippen molar-refractivity contribution in [1.29, 1.82) is 0 Å². The van der Waals surface area contributed by atoms with Gasteiger partial charge in [-0.3, -0.25) is 4.79 Å². The van der Waals surface area contributed by atoms with Crippen molar-refractivity contribution in [2.24, 2.45) is 5.92 Å². The number of benzene rings is 2. The maximum atomic E-state index is 11.0. The molecule has 2 aromatic carbocycles. The van der Waals surface area contributed by atoms with Crippen LogP contribution in [0.4, 0.5) is 0 Å². The molecule has 0 aliphatic carbocycles. The van der Waals surface area contributed by atoms with Gasteiger partial charge in [0.25, 0.3) is 0 Å². The average Bonchev–Trinajstić information content (AvgIpc) is 2.88. The Morgan fingerprint density at radius 2 is 1.93 bits per heavy atom. The quantitative estimate of drug-likeness (QED) is 0.728. The van der Waals surface area contributed by atoms with E-state index in [1.807, 2.05) is 24.3 Å². The maximum Gasteiger partial charge on any atom is 0.304 e. The molecule has 1 aliphatic rings. The van der Waals surface area contributed by atoms with Crippen LogP contribution in [0.25, 0.3) is 0 Å². The zero-order valence-corrected chi connectivity index (χ0v) is 16.2. The highest BCUT2D eigenvalue weighted by molar-refractivity contribution is 6.30. The fourth-order valence-corrected chi connectivity index (χ4v) is 3.05. The first-order chi connectivity index (χ1) is 13.5. The molecule has 0 spiro atoms. The highest BCUT2D eigenvalue weighted by Crippen LogP contribution is 2.33. The van der Waals surface area contributed by atoms with Crippen LogP contribution >= 0.6 is 11.6 Å². The molecule has 1 N–H and O–H groups in total. The summed E-state index contributed by atoms with van der Waals surface area (Å²) in [4.78, 5) is 11.0. The molecule has 0 amide bonds. The number of fused-ring (bicyclic) bond motifs is 1. The molecule has 0 saturated heterocycles. The van der Waals surface area contributed by atoms with Crippen LogP contribution in [0.3, 0.4) is 0 Å². The Balaban J connectivity index is 1.56. The fraction of sp³-hybridized carbons (Fsp3) is 0.318. The van der Waals surface area contributed by atoms with E-state index in [1.165, 1.54) is 0 Å². The third-order valence-electron chi connectivity index (χ3n) is 4.32. The van der Waals surface area contributed by atoms with Gasteiger partial charge in [-0.25, -0.2) is 0 Å². The third-order valence-corrected chi connectivity index (χ3v) is 4.56. The molecular weight excluding hydrogens is 380 g/mol. The Morgan fingerprint density at radius 1 is 1.21 bits per heavy atom. The Kier molecular flexibility index (Phi) is 6.67. The number of hydrogen-bond donors (Lipinski definition) is 1. The van der Waals surface area contributed by atoms with Gasteiger partial charge in [0.1, 0.15) is 5.75 Å². The van der Waals surface area contributed by atoms with Gasteiger partial charge in [0.15, 0.2) is 11.5 Å². The molecule has 0 fully saturated rings. The van der Waals surface area contributed by atoms with Crippen LogP contribution < -0.4 is 14.2 Å². The average molecular weight is 401 g/mol. The van der Waals surface area contributed by atoms with Crippen LogP contribution in [0, 0.1) is 17.8 Å². The molecule has 28 heavy (non-hydrogen) atoms. The van der Waals surface area contributed by atoms with Gasteiger partial charge in [-0.05, 0) is 36.8 Å². The van der Waals surface area contributed by atoms with E-state index in [2.05, 4.69) is 11.8 Å². The summed E-state index contributed by atoms with van der Waals surface area (Å²) in [5, 5.41) is 9.64. The summed E-state index contributed by atoms with van der Waals surface area (Å²) in [5.41, 5.74) is 0.859. The van der Waals surface area contributed by atoms with Gasteiger partial charge in [-0.15, -0.1) is 5.92 Å². The third kappa shape index (κ3) is 5.34. The Bertz CT molecular complexity index is 882. The monoisotopic (exact) mass is 400 g/mol. The van der Waals surface area contributed by atoms with Crippen LogP contribution in [-0.4, -0.2) is 30.9 Å². The smallest absolute Gasteiger partial charge is 0.304 e. The summed E-state index contributed by atoms with van der Waals surface area (Å²) in [6.07, 6.45) is -0.0254. The van der Waals surface area contributed by atoms with E-state index in [0.717, 1.165) is 5.56 Å². The van der Waals surface area contributed by atoms with Crippen molar-refractivity contribution in [1.82, 2.24) is 0 Å². The largest absolute Gasteiger partial charge is 0.493 e. The van der Waals surface area contributed by atoms with Crippen molar-refractivity contribution in [2.45, 2.75) is 19.3 Å². The highest BCUT2D eigenvalue weighted by Gasteiger charge is 2.19. The topological polar surface area (TPSA) is 65.0 Å². The van der Waals surface area contributed by atoms with Crippen LogP contribution in [-0.2, 0) is 4.79 Å². The zero-order valence-electron chi connectivity index (χ0n) is 15.5. The van der Waals surface area contributed by atoms with Crippen molar-refractivity contribution < 1.29 is 24.1 Å². The lowest BCUT2D eigenvalue weighted by Gasteiger charge is -2.15. The first-order valence-electron chi connectivity index (χ1n) is 8.97. The standard InChI is InChI=1S/C22H21ClO5/c1-2-3-17(10-22(24)25)16-4-7-19(8-5-16)26-12-15-13-27-20-9-6-18(23)11-21(20)28-14-15/h4-9,11,15,17H,10,12-14H2,1H3,(H,24,25). The normalized spacial score (nSPS) is 16.3. The summed E-state index contributed by atoms with van der Waals surface area (Å²) < 4.78 is 17.4. The van der Waals surface area contributed by atoms with E-state index in [-0.39, 0.29) is 18.3 Å². The summed E-state index contributed by atoms with van der Waals surface area (Å²) >= 11 is 5.99. The number of hydrogen-bond acceptors (Lipinski definition) is 4. The molecule has 1 aliphatic heterocycles. The molecule has 2 aromatic rings. The van der Waals surface area contributed by atoms with Crippen LogP contribution in [0.5, 0.6) is 17.2 Å². The number of carbonyl (C=O) groups is 1. The molecule has 3 rings (SSSR count). The predicted octanol–water partition coefficient (Wildman–Crippen LogP) is 4.39. The van der Waals surface area contributed by atoms with E-state index in [9.17, 15) is 4.79 Å². The maximum absolute atomic E-state index is 11.0. The van der Waals surface area contributed by atoms with Crippen LogP contribution in [0.2, 0.25) is 5.02 Å². The molecule has 1 heterocycles. The Hall–Kier alpha value is -2.84. The van der Waals surface area contributed by atoms with Crippen molar-refractivity contribution in [3.8, 4) is 29.1 Å². The van der Waals surface area contributed by atoms with E-state index in [0.29, 0.717) is 42.1 Å². The summed E-state index contributed by atoms with van der Waals surface area (Å²) in [7, 11) is 0. The van der Waals surface area contributed by atoms with Gasteiger partial charge >= 0.3 is 5.97 Å². The molecule has 0 saturated carbocycles. The second-order valence-corrected chi connectivity index (χ2v) is 6.94. The minimum absolute atomic E-state index is 0.0254. The van der Waals surface area contributed by atoms with Crippen LogP contribution in [0.1, 0.15) is 24.8 Å². The van der Waals surface area contributed by atoms with Gasteiger partial charge < -0.3 is 19.3 Å². The minimum Gasteiger partial charge on any atom is -0.493 e. The van der Waals surface area contributed by atoms with Crippen molar-refractivity contribution in [2.75, 3.05) is 19.8 Å².